The zero-order chi connectivity index (χ0) is 28.6. The number of amides is 2. The fourth-order valence-corrected chi connectivity index (χ4v) is 5.72. The third-order valence-electron chi connectivity index (χ3n) is 6.46. The van der Waals surface area contributed by atoms with Gasteiger partial charge < -0.3 is 15.0 Å². The molecule has 0 aliphatic rings. The Labute approximate surface area is 231 Å². The molecule has 0 saturated carbocycles. The van der Waals surface area contributed by atoms with E-state index < -0.39 is 28.5 Å². The van der Waals surface area contributed by atoms with E-state index in [1.807, 2.05) is 45.0 Å². The fraction of sp³-hybridized carbons (Fsp3) is 0.333. The molecule has 0 bridgehead atoms. The van der Waals surface area contributed by atoms with Crippen LogP contribution in [0.3, 0.4) is 0 Å². The zero-order valence-electron chi connectivity index (χ0n) is 23.2. The first-order valence-corrected chi connectivity index (χ1v) is 14.4. The first-order valence-electron chi connectivity index (χ1n) is 12.9. The summed E-state index contributed by atoms with van der Waals surface area (Å²) in [7, 11) is -2.52. The van der Waals surface area contributed by atoms with Gasteiger partial charge in [0, 0.05) is 13.1 Å². The van der Waals surface area contributed by atoms with E-state index in [1.54, 1.807) is 50.4 Å². The molecule has 2 amide bonds. The molecule has 0 unspecified atom stereocenters. The number of ether oxygens (including phenoxy) is 1. The number of nitrogens with one attached hydrogen (secondary N) is 1. The monoisotopic (exact) mass is 551 g/mol. The lowest BCUT2D eigenvalue weighted by Gasteiger charge is -2.32. The van der Waals surface area contributed by atoms with Crippen LogP contribution in [-0.2, 0) is 26.2 Å². The van der Waals surface area contributed by atoms with Gasteiger partial charge in [-0.2, -0.15) is 0 Å². The number of sulfonamides is 1. The van der Waals surface area contributed by atoms with Crippen LogP contribution in [0.4, 0.5) is 5.69 Å². The number of benzene rings is 3. The summed E-state index contributed by atoms with van der Waals surface area (Å²) in [6.45, 7) is 7.46. The molecular formula is C30H37N3O5S. The van der Waals surface area contributed by atoms with E-state index in [0.29, 0.717) is 18.0 Å². The normalized spacial score (nSPS) is 11.9. The molecule has 0 spiro atoms. The lowest BCUT2D eigenvalue weighted by Crippen LogP contribution is -2.51. The van der Waals surface area contributed by atoms with Gasteiger partial charge in [0.15, 0.2) is 0 Å². The molecule has 3 aromatic carbocycles. The van der Waals surface area contributed by atoms with Crippen LogP contribution < -0.4 is 14.4 Å². The molecule has 8 nitrogen and oxygen atoms in total. The Kier molecular flexibility index (Phi) is 10.1. The van der Waals surface area contributed by atoms with Crippen LogP contribution >= 0.6 is 0 Å². The fourth-order valence-electron chi connectivity index (χ4n) is 4.22. The molecule has 0 heterocycles. The van der Waals surface area contributed by atoms with Crippen LogP contribution in [0.1, 0.15) is 37.0 Å². The summed E-state index contributed by atoms with van der Waals surface area (Å²) < 4.78 is 34.1. The van der Waals surface area contributed by atoms with Crippen molar-refractivity contribution in [2.45, 2.75) is 51.6 Å². The highest BCUT2D eigenvalue weighted by atomic mass is 32.2. The summed E-state index contributed by atoms with van der Waals surface area (Å²) in [4.78, 5) is 28.4. The van der Waals surface area contributed by atoms with Gasteiger partial charge in [-0.1, -0.05) is 55.0 Å². The second-order valence-corrected chi connectivity index (χ2v) is 11.3. The molecule has 1 atom stereocenters. The standard InChI is InChI=1S/C30H37N3O5S/c1-6-18-31-30(35)24(4)32(20-25-13-15-26(38-5)16-14-25)29(34)21-33(28-17-12-22(2)19-23(28)3)39(36,37)27-10-8-7-9-11-27/h7-17,19,24H,6,18,20-21H2,1-5H3,(H,31,35)/t24-/m0/s1. The molecule has 39 heavy (non-hydrogen) atoms. The summed E-state index contributed by atoms with van der Waals surface area (Å²) in [5, 5.41) is 2.84. The number of anilines is 1. The Balaban J connectivity index is 2.03. The van der Waals surface area contributed by atoms with Crippen molar-refractivity contribution in [1.82, 2.24) is 10.2 Å². The van der Waals surface area contributed by atoms with E-state index in [0.717, 1.165) is 27.4 Å². The van der Waals surface area contributed by atoms with Crippen molar-refractivity contribution < 1.29 is 22.7 Å². The van der Waals surface area contributed by atoms with Crippen LogP contribution in [0.25, 0.3) is 0 Å². The molecule has 9 heteroatoms. The van der Waals surface area contributed by atoms with Crippen molar-refractivity contribution >= 4 is 27.5 Å². The molecule has 0 aromatic heterocycles. The van der Waals surface area contributed by atoms with E-state index >= 15 is 0 Å². The van der Waals surface area contributed by atoms with Gasteiger partial charge in [-0.25, -0.2) is 8.42 Å². The van der Waals surface area contributed by atoms with E-state index in [1.165, 1.54) is 17.0 Å². The topological polar surface area (TPSA) is 96.0 Å². The average molecular weight is 552 g/mol. The average Bonchev–Trinajstić information content (AvgIpc) is 2.94. The van der Waals surface area contributed by atoms with Gasteiger partial charge in [0.1, 0.15) is 18.3 Å². The number of carbonyl (C=O) groups is 2. The minimum atomic E-state index is -4.09. The second kappa shape index (κ2) is 13.3. The second-order valence-electron chi connectivity index (χ2n) is 9.45. The molecular weight excluding hydrogens is 514 g/mol. The first kappa shape index (κ1) is 29.7. The zero-order valence-corrected chi connectivity index (χ0v) is 24.0. The molecule has 0 aliphatic carbocycles. The molecule has 0 saturated heterocycles. The summed E-state index contributed by atoms with van der Waals surface area (Å²) in [6.07, 6.45) is 0.751. The Bertz CT molecular complexity index is 1380. The molecule has 3 aromatic rings. The predicted octanol–water partition coefficient (Wildman–Crippen LogP) is 4.45. The SMILES string of the molecule is CCCNC(=O)[C@H](C)N(Cc1ccc(OC)cc1)C(=O)CN(c1ccc(C)cc1C)S(=O)(=O)c1ccccc1. The molecule has 1 N–H and O–H groups in total. The Morgan fingerprint density at radius 2 is 1.64 bits per heavy atom. The maximum Gasteiger partial charge on any atom is 0.264 e. The van der Waals surface area contributed by atoms with Gasteiger partial charge >= 0.3 is 0 Å². The van der Waals surface area contributed by atoms with Gasteiger partial charge in [0.05, 0.1) is 17.7 Å². The lowest BCUT2D eigenvalue weighted by molar-refractivity contribution is -0.139. The molecule has 3 rings (SSSR count). The van der Waals surface area contributed by atoms with Gasteiger partial charge in [-0.05, 0) is 68.7 Å². The van der Waals surface area contributed by atoms with E-state index in [9.17, 15) is 18.0 Å². The van der Waals surface area contributed by atoms with Crippen molar-refractivity contribution in [1.29, 1.82) is 0 Å². The van der Waals surface area contributed by atoms with Gasteiger partial charge in [0.2, 0.25) is 11.8 Å². The van der Waals surface area contributed by atoms with Crippen LogP contribution in [0.15, 0.2) is 77.7 Å². The maximum atomic E-state index is 13.9. The highest BCUT2D eigenvalue weighted by Gasteiger charge is 2.33. The largest absolute Gasteiger partial charge is 0.497 e. The Morgan fingerprint density at radius 1 is 0.974 bits per heavy atom. The van der Waals surface area contributed by atoms with Crippen LogP contribution in [0.5, 0.6) is 5.75 Å². The van der Waals surface area contributed by atoms with Gasteiger partial charge in [-0.3, -0.25) is 13.9 Å². The number of nitrogens with zero attached hydrogens (tertiary/aromatic N) is 2. The number of hydrogen-bond acceptors (Lipinski definition) is 5. The van der Waals surface area contributed by atoms with Crippen molar-refractivity contribution in [3.63, 3.8) is 0 Å². The third kappa shape index (κ3) is 7.38. The van der Waals surface area contributed by atoms with E-state index in [2.05, 4.69) is 5.32 Å². The third-order valence-corrected chi connectivity index (χ3v) is 8.23. The van der Waals surface area contributed by atoms with Crippen LogP contribution in [0, 0.1) is 13.8 Å². The molecule has 0 aliphatic heterocycles. The predicted molar refractivity (Wildman–Crippen MR) is 153 cm³/mol. The first-order chi connectivity index (χ1) is 18.6. The Morgan fingerprint density at radius 3 is 2.23 bits per heavy atom. The lowest BCUT2D eigenvalue weighted by atomic mass is 10.1. The number of rotatable bonds is 12. The van der Waals surface area contributed by atoms with Gasteiger partial charge in [0.25, 0.3) is 10.0 Å². The number of carbonyl (C=O) groups excluding carboxylic acids is 2. The summed E-state index contributed by atoms with van der Waals surface area (Å²) in [5.74, 6) is -0.132. The van der Waals surface area contributed by atoms with E-state index in [4.69, 9.17) is 4.74 Å². The highest BCUT2D eigenvalue weighted by molar-refractivity contribution is 7.92. The van der Waals surface area contributed by atoms with Crippen LogP contribution in [-0.4, -0.2) is 51.4 Å². The quantitative estimate of drug-likeness (QED) is 0.359. The summed E-state index contributed by atoms with van der Waals surface area (Å²) >= 11 is 0. The van der Waals surface area contributed by atoms with Crippen LogP contribution in [0.2, 0.25) is 0 Å². The molecule has 0 fully saturated rings. The van der Waals surface area contributed by atoms with E-state index in [-0.39, 0.29) is 17.3 Å². The maximum absolute atomic E-state index is 13.9. The number of methoxy groups -OCH3 is 1. The summed E-state index contributed by atoms with van der Waals surface area (Å²) in [5.41, 5.74) is 2.88. The summed E-state index contributed by atoms with van der Waals surface area (Å²) in [6, 6.07) is 19.8. The minimum absolute atomic E-state index is 0.0771. The smallest absolute Gasteiger partial charge is 0.264 e. The van der Waals surface area contributed by atoms with Crippen molar-refractivity contribution in [3.05, 3.63) is 89.5 Å². The Hall–Kier alpha value is -3.85. The molecule has 0 radical (unpaired) electrons. The minimum Gasteiger partial charge on any atom is -0.497 e. The van der Waals surface area contributed by atoms with Crippen molar-refractivity contribution in [3.8, 4) is 5.75 Å². The molecule has 208 valence electrons. The van der Waals surface area contributed by atoms with Crippen molar-refractivity contribution in [2.24, 2.45) is 0 Å². The van der Waals surface area contributed by atoms with Gasteiger partial charge in [-0.15, -0.1) is 0 Å². The van der Waals surface area contributed by atoms with Crippen molar-refractivity contribution in [2.75, 3.05) is 24.5 Å². The number of aryl methyl sites for hydroxylation is 2. The highest BCUT2D eigenvalue weighted by Crippen LogP contribution is 2.28. The number of hydrogen-bond donors (Lipinski definition) is 1.